The lowest BCUT2D eigenvalue weighted by atomic mass is 9.69. The number of aryl methyl sites for hydroxylation is 2. The summed E-state index contributed by atoms with van der Waals surface area (Å²) in [4.78, 5) is 11.2. The van der Waals surface area contributed by atoms with Crippen LogP contribution in [-0.2, 0) is 11.8 Å². The van der Waals surface area contributed by atoms with Crippen molar-refractivity contribution >= 4 is 5.78 Å². The van der Waals surface area contributed by atoms with E-state index in [4.69, 9.17) is 0 Å². The van der Waals surface area contributed by atoms with E-state index >= 15 is 0 Å². The van der Waals surface area contributed by atoms with Crippen molar-refractivity contribution in [2.24, 2.45) is 13.0 Å². The van der Waals surface area contributed by atoms with Gasteiger partial charge in [-0.25, -0.2) is 0 Å². The Morgan fingerprint density at radius 1 is 1.43 bits per heavy atom. The zero-order valence-corrected chi connectivity index (χ0v) is 9.16. The van der Waals surface area contributed by atoms with E-state index in [1.165, 1.54) is 11.3 Å². The number of nitrogens with zero attached hydrogens (tertiary/aromatic N) is 2. The van der Waals surface area contributed by atoms with Crippen molar-refractivity contribution in [3.63, 3.8) is 0 Å². The summed E-state index contributed by atoms with van der Waals surface area (Å²) >= 11 is 0. The van der Waals surface area contributed by atoms with Crippen LogP contribution < -0.4 is 0 Å². The number of Topliss-reactive ketones (excluding diaryl/α,β-unsaturated/α-hetero) is 1. The van der Waals surface area contributed by atoms with Crippen LogP contribution in [0.1, 0.15) is 36.2 Å². The predicted molar refractivity (Wildman–Crippen MR) is 54.2 cm³/mol. The van der Waals surface area contributed by atoms with E-state index in [2.05, 4.69) is 12.0 Å². The molecule has 0 aromatic carbocycles. The lowest BCUT2D eigenvalue weighted by molar-refractivity contribution is -0.130. The summed E-state index contributed by atoms with van der Waals surface area (Å²) in [5.41, 5.74) is 3.57. The number of hydrogen-bond acceptors (Lipinski definition) is 2. The van der Waals surface area contributed by atoms with Crippen LogP contribution >= 0.6 is 0 Å². The molecule has 0 aliphatic heterocycles. The van der Waals surface area contributed by atoms with Crippen LogP contribution in [0.15, 0.2) is 0 Å². The highest BCUT2D eigenvalue weighted by atomic mass is 16.1. The van der Waals surface area contributed by atoms with Gasteiger partial charge in [-0.3, -0.25) is 9.48 Å². The molecular formula is C11H16N2O. The van der Waals surface area contributed by atoms with Gasteiger partial charge in [-0.15, -0.1) is 0 Å². The minimum absolute atomic E-state index is 0.191. The van der Waals surface area contributed by atoms with Crippen LogP contribution in [-0.4, -0.2) is 15.6 Å². The number of aromatic nitrogens is 2. The molecule has 1 heterocycles. The van der Waals surface area contributed by atoms with Crippen molar-refractivity contribution in [1.82, 2.24) is 9.78 Å². The number of carbonyl (C=O) groups is 1. The van der Waals surface area contributed by atoms with Crippen molar-refractivity contribution in [3.8, 4) is 0 Å². The van der Waals surface area contributed by atoms with E-state index in [1.807, 2.05) is 25.6 Å². The van der Waals surface area contributed by atoms with Crippen molar-refractivity contribution in [3.05, 3.63) is 17.0 Å². The van der Waals surface area contributed by atoms with E-state index in [0.717, 1.165) is 5.69 Å². The molecule has 3 heteroatoms. The average molecular weight is 192 g/mol. The molecule has 0 spiro atoms. The van der Waals surface area contributed by atoms with E-state index in [0.29, 0.717) is 18.1 Å². The molecule has 0 amide bonds. The second-order valence-corrected chi connectivity index (χ2v) is 4.27. The average Bonchev–Trinajstić information content (AvgIpc) is 2.38. The second kappa shape index (κ2) is 2.94. The highest BCUT2D eigenvalue weighted by Gasteiger charge is 2.39. The first-order chi connectivity index (χ1) is 6.52. The molecule has 0 radical (unpaired) electrons. The molecule has 0 N–H and O–H groups in total. The minimum Gasteiger partial charge on any atom is -0.299 e. The summed E-state index contributed by atoms with van der Waals surface area (Å²) in [6.07, 6.45) is 0.703. The fourth-order valence-electron chi connectivity index (χ4n) is 2.32. The van der Waals surface area contributed by atoms with Gasteiger partial charge in [0.05, 0.1) is 5.69 Å². The first-order valence-corrected chi connectivity index (χ1v) is 5.05. The zero-order valence-electron chi connectivity index (χ0n) is 9.16. The third-order valence-electron chi connectivity index (χ3n) is 3.47. The lowest BCUT2D eigenvalue weighted by Gasteiger charge is -2.32. The molecular weight excluding hydrogens is 176 g/mol. The predicted octanol–water partition coefficient (Wildman–Crippen LogP) is 1.73. The molecule has 14 heavy (non-hydrogen) atoms. The van der Waals surface area contributed by atoms with Gasteiger partial charge in [0.25, 0.3) is 0 Å². The van der Waals surface area contributed by atoms with Gasteiger partial charge >= 0.3 is 0 Å². The number of ketones is 1. The van der Waals surface area contributed by atoms with E-state index in [9.17, 15) is 4.79 Å². The van der Waals surface area contributed by atoms with Crippen LogP contribution in [0.4, 0.5) is 0 Å². The summed E-state index contributed by atoms with van der Waals surface area (Å²) in [5, 5.41) is 4.38. The molecule has 1 fully saturated rings. The van der Waals surface area contributed by atoms with Crippen molar-refractivity contribution in [1.29, 1.82) is 0 Å². The van der Waals surface area contributed by atoms with Gasteiger partial charge in [0.1, 0.15) is 5.78 Å². The SMILES string of the molecule is Cc1nn(C)c(C)c1C1CC(=O)C1C. The molecule has 2 rings (SSSR count). The molecule has 0 bridgehead atoms. The summed E-state index contributed by atoms with van der Waals surface area (Å²) in [6.45, 7) is 6.12. The van der Waals surface area contributed by atoms with Gasteiger partial charge in [0.2, 0.25) is 0 Å². The van der Waals surface area contributed by atoms with E-state index in [1.54, 1.807) is 0 Å². The fraction of sp³-hybridized carbons (Fsp3) is 0.636. The van der Waals surface area contributed by atoms with Crippen molar-refractivity contribution in [2.75, 3.05) is 0 Å². The smallest absolute Gasteiger partial charge is 0.136 e. The van der Waals surface area contributed by atoms with Crippen molar-refractivity contribution < 1.29 is 4.79 Å². The Morgan fingerprint density at radius 3 is 2.43 bits per heavy atom. The van der Waals surface area contributed by atoms with Gasteiger partial charge in [-0.05, 0) is 13.8 Å². The third-order valence-corrected chi connectivity index (χ3v) is 3.47. The zero-order chi connectivity index (χ0) is 10.5. The molecule has 3 nitrogen and oxygen atoms in total. The summed E-state index contributed by atoms with van der Waals surface area (Å²) in [7, 11) is 1.96. The number of hydrogen-bond donors (Lipinski definition) is 0. The van der Waals surface area contributed by atoms with Gasteiger partial charge in [-0.2, -0.15) is 5.10 Å². The first-order valence-electron chi connectivity index (χ1n) is 5.05. The second-order valence-electron chi connectivity index (χ2n) is 4.27. The molecule has 1 saturated carbocycles. The molecule has 2 unspecified atom stereocenters. The number of rotatable bonds is 1. The van der Waals surface area contributed by atoms with Crippen molar-refractivity contribution in [2.45, 2.75) is 33.1 Å². The van der Waals surface area contributed by atoms with E-state index in [-0.39, 0.29) is 5.92 Å². The maximum absolute atomic E-state index is 11.2. The highest BCUT2D eigenvalue weighted by molar-refractivity contribution is 5.89. The Balaban J connectivity index is 2.38. The molecule has 1 aromatic heterocycles. The van der Waals surface area contributed by atoms with Crippen LogP contribution in [0, 0.1) is 19.8 Å². The van der Waals surface area contributed by atoms with Crippen LogP contribution in [0.3, 0.4) is 0 Å². The first kappa shape index (κ1) is 9.44. The number of carbonyl (C=O) groups excluding carboxylic acids is 1. The molecule has 1 aromatic rings. The maximum Gasteiger partial charge on any atom is 0.136 e. The molecule has 2 atom stereocenters. The van der Waals surface area contributed by atoms with E-state index < -0.39 is 0 Å². The monoisotopic (exact) mass is 192 g/mol. The third kappa shape index (κ3) is 1.11. The molecule has 1 aliphatic rings. The van der Waals surface area contributed by atoms with Crippen LogP contribution in [0.25, 0.3) is 0 Å². The van der Waals surface area contributed by atoms with Gasteiger partial charge in [0, 0.05) is 36.6 Å². The Hall–Kier alpha value is -1.12. The highest BCUT2D eigenvalue weighted by Crippen LogP contribution is 2.41. The molecule has 76 valence electrons. The Labute approximate surface area is 84.1 Å². The van der Waals surface area contributed by atoms with Gasteiger partial charge in [0.15, 0.2) is 0 Å². The summed E-state index contributed by atoms with van der Waals surface area (Å²) in [6, 6.07) is 0. The summed E-state index contributed by atoms with van der Waals surface area (Å²) in [5.74, 6) is 0.991. The van der Waals surface area contributed by atoms with Crippen LogP contribution in [0.2, 0.25) is 0 Å². The lowest BCUT2D eigenvalue weighted by Crippen LogP contribution is -2.33. The van der Waals surface area contributed by atoms with Crippen LogP contribution in [0.5, 0.6) is 0 Å². The fourth-order valence-corrected chi connectivity index (χ4v) is 2.32. The molecule has 0 saturated heterocycles. The standard InChI is InChI=1S/C11H16N2O/c1-6-9(5-10(6)14)11-7(2)12-13(4)8(11)3/h6,9H,5H2,1-4H3. The summed E-state index contributed by atoms with van der Waals surface area (Å²) < 4.78 is 1.90. The largest absolute Gasteiger partial charge is 0.299 e. The quantitative estimate of drug-likeness (QED) is 0.679. The van der Waals surface area contributed by atoms with Gasteiger partial charge < -0.3 is 0 Å². The Kier molecular flexibility index (Phi) is 1.98. The minimum atomic E-state index is 0.191. The Bertz CT molecular complexity index is 392. The molecule has 1 aliphatic carbocycles. The van der Waals surface area contributed by atoms with Gasteiger partial charge in [-0.1, -0.05) is 6.92 Å². The Morgan fingerprint density at radius 2 is 2.07 bits per heavy atom. The normalized spacial score (nSPS) is 26.4. The topological polar surface area (TPSA) is 34.9 Å². The maximum atomic E-state index is 11.2.